The second-order valence-electron chi connectivity index (χ2n) is 2.50. The Bertz CT molecular complexity index is 274. The van der Waals surface area contributed by atoms with Crippen molar-refractivity contribution in [2.24, 2.45) is 0 Å². The second-order valence-corrected chi connectivity index (χ2v) is 4.58. The van der Waals surface area contributed by atoms with Gasteiger partial charge in [0.1, 0.15) is 4.71 Å². The van der Waals surface area contributed by atoms with Crippen molar-refractivity contribution in [3.05, 3.63) is 35.9 Å². The van der Waals surface area contributed by atoms with Crippen LogP contribution in [0.25, 0.3) is 0 Å². The number of rotatable bonds is 4. The average molecular weight is 215 g/mol. The van der Waals surface area contributed by atoms with E-state index >= 15 is 0 Å². The number of alkyl halides is 1. The lowest BCUT2D eigenvalue weighted by Crippen LogP contribution is -2.10. The van der Waals surface area contributed by atoms with Crippen molar-refractivity contribution in [3.8, 4) is 0 Å². The molecule has 0 radical (unpaired) electrons. The minimum Gasteiger partial charge on any atom is -0.292 e. The van der Waals surface area contributed by atoms with E-state index < -0.39 is 4.71 Å². The fraction of sp³-hybridized carbons (Fsp3) is 0.300. The smallest absolute Gasteiger partial charge is 0.190 e. The molecule has 1 nitrogen and oxygen atoms in total. The van der Waals surface area contributed by atoms with Gasteiger partial charge >= 0.3 is 0 Å². The Labute approximate surface area is 87.5 Å². The third-order valence-corrected chi connectivity index (χ3v) is 2.99. The monoisotopic (exact) mass is 214 g/mol. The molecule has 0 heterocycles. The Hall–Kier alpha value is -0.470. The molecule has 1 unspecified atom stereocenters. The Balaban J connectivity index is 2.68. The number of carbonyl (C=O) groups is 1. The Morgan fingerprint density at radius 2 is 2.08 bits per heavy atom. The molecule has 1 rings (SSSR count). The highest BCUT2D eigenvalue weighted by Gasteiger charge is 2.15. The van der Waals surface area contributed by atoms with Crippen LogP contribution in [0.1, 0.15) is 17.3 Å². The van der Waals surface area contributed by atoms with E-state index in [2.05, 4.69) is 0 Å². The zero-order valence-corrected chi connectivity index (χ0v) is 8.94. The zero-order chi connectivity index (χ0) is 9.68. The predicted octanol–water partition coefficient (Wildman–Crippen LogP) is 3.19. The van der Waals surface area contributed by atoms with Crippen molar-refractivity contribution in [1.82, 2.24) is 0 Å². The number of hydrogen-bond donors (Lipinski definition) is 0. The summed E-state index contributed by atoms with van der Waals surface area (Å²) in [4.78, 5) is 11.6. The minimum atomic E-state index is -0.451. The molecule has 0 aromatic heterocycles. The van der Waals surface area contributed by atoms with Gasteiger partial charge in [0.2, 0.25) is 0 Å². The van der Waals surface area contributed by atoms with Crippen LogP contribution in [0, 0.1) is 0 Å². The molecule has 0 aliphatic rings. The maximum atomic E-state index is 11.6. The van der Waals surface area contributed by atoms with Crippen LogP contribution in [-0.2, 0) is 0 Å². The molecule has 0 aliphatic heterocycles. The number of carbonyl (C=O) groups excluding carboxylic acids is 1. The zero-order valence-electron chi connectivity index (χ0n) is 7.37. The first kappa shape index (κ1) is 10.6. The molecule has 1 aromatic carbocycles. The lowest BCUT2D eigenvalue weighted by molar-refractivity contribution is 0.101. The Morgan fingerprint density at radius 3 is 2.62 bits per heavy atom. The summed E-state index contributed by atoms with van der Waals surface area (Å²) in [7, 11) is 0. The van der Waals surface area contributed by atoms with Crippen LogP contribution in [-0.4, -0.2) is 16.2 Å². The molecular weight excluding hydrogens is 204 g/mol. The minimum absolute atomic E-state index is 0.00545. The Morgan fingerprint density at radius 1 is 1.46 bits per heavy atom. The fourth-order valence-electron chi connectivity index (χ4n) is 0.955. The standard InChI is InChI=1S/C10H11ClOS/c1-2-13-10(11)9(12)8-6-4-3-5-7-8/h3-7,10H,2H2,1H3. The summed E-state index contributed by atoms with van der Waals surface area (Å²) in [5, 5.41) is 0. The van der Waals surface area contributed by atoms with Gasteiger partial charge in [-0.3, -0.25) is 4.79 Å². The summed E-state index contributed by atoms with van der Waals surface area (Å²) in [6.45, 7) is 1.98. The van der Waals surface area contributed by atoms with E-state index in [4.69, 9.17) is 11.6 Å². The van der Waals surface area contributed by atoms with Gasteiger partial charge in [0, 0.05) is 5.56 Å². The van der Waals surface area contributed by atoms with E-state index in [0.29, 0.717) is 5.56 Å². The van der Waals surface area contributed by atoms with E-state index in [1.165, 1.54) is 11.8 Å². The molecule has 0 aliphatic carbocycles. The van der Waals surface area contributed by atoms with Crippen LogP contribution in [0.15, 0.2) is 30.3 Å². The lowest BCUT2D eigenvalue weighted by atomic mass is 10.1. The number of Topliss-reactive ketones (excluding diaryl/α,β-unsaturated/α-hetero) is 1. The van der Waals surface area contributed by atoms with Gasteiger partial charge in [-0.05, 0) is 5.75 Å². The van der Waals surface area contributed by atoms with Gasteiger partial charge in [0.05, 0.1) is 0 Å². The summed E-state index contributed by atoms with van der Waals surface area (Å²) in [5.74, 6) is 0.848. The highest BCUT2D eigenvalue weighted by molar-refractivity contribution is 8.01. The second kappa shape index (κ2) is 5.30. The van der Waals surface area contributed by atoms with Gasteiger partial charge in [-0.2, -0.15) is 0 Å². The number of halogens is 1. The van der Waals surface area contributed by atoms with Crippen LogP contribution in [0.5, 0.6) is 0 Å². The molecule has 1 aromatic rings. The highest BCUT2D eigenvalue weighted by atomic mass is 35.5. The average Bonchev–Trinajstić information content (AvgIpc) is 2.18. The third-order valence-electron chi connectivity index (χ3n) is 1.58. The quantitative estimate of drug-likeness (QED) is 0.566. The summed E-state index contributed by atoms with van der Waals surface area (Å²) in [5.41, 5.74) is 0.684. The molecule has 0 saturated heterocycles. The molecule has 0 saturated carbocycles. The summed E-state index contributed by atoms with van der Waals surface area (Å²) >= 11 is 7.33. The number of thioether (sulfide) groups is 1. The fourth-order valence-corrected chi connectivity index (χ4v) is 2.04. The third kappa shape index (κ3) is 3.05. The van der Waals surface area contributed by atoms with Crippen LogP contribution in [0.3, 0.4) is 0 Å². The molecule has 0 N–H and O–H groups in total. The van der Waals surface area contributed by atoms with Gasteiger partial charge in [-0.25, -0.2) is 0 Å². The Kier molecular flexibility index (Phi) is 4.33. The molecule has 3 heteroatoms. The van der Waals surface area contributed by atoms with Crippen LogP contribution in [0.4, 0.5) is 0 Å². The van der Waals surface area contributed by atoms with E-state index in [1.54, 1.807) is 12.1 Å². The lowest BCUT2D eigenvalue weighted by Gasteiger charge is -2.05. The molecule has 1 atom stereocenters. The summed E-state index contributed by atoms with van der Waals surface area (Å²) in [6.07, 6.45) is 0. The molecule has 0 amide bonds. The molecule has 0 bridgehead atoms. The molecular formula is C10H11ClOS. The van der Waals surface area contributed by atoms with Crippen LogP contribution < -0.4 is 0 Å². The number of benzene rings is 1. The maximum Gasteiger partial charge on any atom is 0.190 e. The van der Waals surface area contributed by atoms with Crippen LogP contribution >= 0.6 is 23.4 Å². The molecule has 0 spiro atoms. The SMILES string of the molecule is CCSC(Cl)C(=O)c1ccccc1. The molecule has 13 heavy (non-hydrogen) atoms. The van der Waals surface area contributed by atoms with Crippen molar-refractivity contribution >= 4 is 29.1 Å². The van der Waals surface area contributed by atoms with Crippen molar-refractivity contribution < 1.29 is 4.79 Å². The molecule has 70 valence electrons. The van der Waals surface area contributed by atoms with Gasteiger partial charge in [-0.15, -0.1) is 23.4 Å². The van der Waals surface area contributed by atoms with E-state index in [1.807, 2.05) is 25.1 Å². The van der Waals surface area contributed by atoms with Gasteiger partial charge in [0.25, 0.3) is 0 Å². The summed E-state index contributed by atoms with van der Waals surface area (Å²) < 4.78 is -0.451. The first-order chi connectivity index (χ1) is 6.25. The first-order valence-corrected chi connectivity index (χ1v) is 5.59. The van der Waals surface area contributed by atoms with Gasteiger partial charge < -0.3 is 0 Å². The van der Waals surface area contributed by atoms with Crippen LogP contribution in [0.2, 0.25) is 0 Å². The highest BCUT2D eigenvalue weighted by Crippen LogP contribution is 2.19. The van der Waals surface area contributed by atoms with Crippen molar-refractivity contribution in [1.29, 1.82) is 0 Å². The first-order valence-electron chi connectivity index (χ1n) is 4.10. The van der Waals surface area contributed by atoms with E-state index in [9.17, 15) is 4.79 Å². The molecule has 0 fully saturated rings. The largest absolute Gasteiger partial charge is 0.292 e. The van der Waals surface area contributed by atoms with E-state index in [-0.39, 0.29) is 5.78 Å². The van der Waals surface area contributed by atoms with E-state index in [0.717, 1.165) is 5.75 Å². The van der Waals surface area contributed by atoms with Crippen molar-refractivity contribution in [2.45, 2.75) is 11.6 Å². The predicted molar refractivity (Wildman–Crippen MR) is 58.5 cm³/mol. The van der Waals surface area contributed by atoms with Gasteiger partial charge in [-0.1, -0.05) is 37.3 Å². The number of hydrogen-bond acceptors (Lipinski definition) is 2. The van der Waals surface area contributed by atoms with Gasteiger partial charge in [0.15, 0.2) is 5.78 Å². The van der Waals surface area contributed by atoms with Crippen molar-refractivity contribution in [3.63, 3.8) is 0 Å². The normalized spacial score (nSPS) is 12.5. The topological polar surface area (TPSA) is 17.1 Å². The van der Waals surface area contributed by atoms with Crippen molar-refractivity contribution in [2.75, 3.05) is 5.75 Å². The maximum absolute atomic E-state index is 11.6. The summed E-state index contributed by atoms with van der Waals surface area (Å²) in [6, 6.07) is 9.13. The number of ketones is 1.